The van der Waals surface area contributed by atoms with E-state index in [2.05, 4.69) is 9.97 Å². The van der Waals surface area contributed by atoms with Crippen LogP contribution in [0.15, 0.2) is 55.2 Å². The molecule has 3 aromatic rings. The molecule has 0 bridgehead atoms. The Morgan fingerprint density at radius 2 is 1.83 bits per heavy atom. The Morgan fingerprint density at radius 3 is 2.61 bits per heavy atom. The first-order valence-corrected chi connectivity index (χ1v) is 7.11. The Bertz CT molecular complexity index is 980. The number of hydrogen-bond acceptors (Lipinski definition) is 5. The highest BCUT2D eigenvalue weighted by molar-refractivity contribution is 5.75. The van der Waals surface area contributed by atoms with Crippen LogP contribution in [0.1, 0.15) is 12.0 Å². The smallest absolute Gasteiger partial charge is 0.337 e. The van der Waals surface area contributed by atoms with Gasteiger partial charge in [0, 0.05) is 6.07 Å². The van der Waals surface area contributed by atoms with E-state index < -0.39 is 16.9 Å². The number of fused-ring (bicyclic) bond motifs is 1. The summed E-state index contributed by atoms with van der Waals surface area (Å²) >= 11 is 0. The van der Waals surface area contributed by atoms with Gasteiger partial charge in [-0.15, -0.1) is 0 Å². The maximum absolute atomic E-state index is 11.9. The SMILES string of the molecule is O=c1[nH]c(=O)c2c(CCCOc3ccccc3)cc(=O)oc2[nH]1. The molecule has 0 radical (unpaired) electrons. The van der Waals surface area contributed by atoms with E-state index in [1.54, 1.807) is 0 Å². The highest BCUT2D eigenvalue weighted by Crippen LogP contribution is 2.13. The fraction of sp³-hybridized carbons (Fsp3) is 0.188. The summed E-state index contributed by atoms with van der Waals surface area (Å²) in [6, 6.07) is 10.6. The lowest BCUT2D eigenvalue weighted by Crippen LogP contribution is -2.24. The zero-order chi connectivity index (χ0) is 16.2. The van der Waals surface area contributed by atoms with Crippen molar-refractivity contribution < 1.29 is 9.15 Å². The van der Waals surface area contributed by atoms with E-state index in [1.165, 1.54) is 6.07 Å². The summed E-state index contributed by atoms with van der Waals surface area (Å²) in [5, 5.41) is 0.184. The van der Waals surface area contributed by atoms with Crippen LogP contribution in [-0.2, 0) is 6.42 Å². The van der Waals surface area contributed by atoms with E-state index in [1.807, 2.05) is 30.3 Å². The molecule has 0 aliphatic carbocycles. The number of para-hydroxylation sites is 1. The number of ether oxygens (including phenoxy) is 1. The van der Waals surface area contributed by atoms with Gasteiger partial charge in [0.1, 0.15) is 11.1 Å². The fourth-order valence-electron chi connectivity index (χ4n) is 2.34. The molecule has 0 saturated heterocycles. The van der Waals surface area contributed by atoms with Gasteiger partial charge in [-0.2, -0.15) is 0 Å². The monoisotopic (exact) mass is 314 g/mol. The molecule has 2 N–H and O–H groups in total. The van der Waals surface area contributed by atoms with Crippen LogP contribution >= 0.6 is 0 Å². The molecule has 2 heterocycles. The maximum Gasteiger partial charge on any atom is 0.337 e. The van der Waals surface area contributed by atoms with Crippen LogP contribution in [0.4, 0.5) is 0 Å². The van der Waals surface area contributed by atoms with Crippen LogP contribution in [0.3, 0.4) is 0 Å². The van der Waals surface area contributed by atoms with Gasteiger partial charge in [-0.1, -0.05) is 18.2 Å². The highest BCUT2D eigenvalue weighted by Gasteiger charge is 2.10. The first-order valence-electron chi connectivity index (χ1n) is 7.11. The number of aromatic nitrogens is 2. The van der Waals surface area contributed by atoms with E-state index in [-0.39, 0.29) is 11.1 Å². The van der Waals surface area contributed by atoms with E-state index >= 15 is 0 Å². The van der Waals surface area contributed by atoms with Crippen LogP contribution in [0.2, 0.25) is 0 Å². The Hall–Kier alpha value is -3.09. The van der Waals surface area contributed by atoms with Crippen molar-refractivity contribution in [3.63, 3.8) is 0 Å². The third kappa shape index (κ3) is 3.39. The minimum Gasteiger partial charge on any atom is -0.494 e. The number of benzene rings is 1. The minimum atomic E-state index is -0.713. The predicted molar refractivity (Wildman–Crippen MR) is 84.0 cm³/mol. The lowest BCUT2D eigenvalue weighted by atomic mass is 10.1. The number of nitrogens with one attached hydrogen (secondary N) is 2. The fourth-order valence-corrected chi connectivity index (χ4v) is 2.34. The second-order valence-electron chi connectivity index (χ2n) is 4.97. The molecule has 0 aliphatic heterocycles. The van der Waals surface area contributed by atoms with Gasteiger partial charge in [-0.05, 0) is 30.5 Å². The van der Waals surface area contributed by atoms with Crippen molar-refractivity contribution in [2.45, 2.75) is 12.8 Å². The molecule has 1 aromatic carbocycles. The summed E-state index contributed by atoms with van der Waals surface area (Å²) in [6.07, 6.45) is 1.05. The normalized spacial score (nSPS) is 10.8. The molecular weight excluding hydrogens is 300 g/mol. The van der Waals surface area contributed by atoms with E-state index in [0.29, 0.717) is 25.0 Å². The number of H-pyrrole nitrogens is 2. The Kier molecular flexibility index (Phi) is 4.09. The second kappa shape index (κ2) is 6.35. The third-order valence-electron chi connectivity index (χ3n) is 3.33. The zero-order valence-electron chi connectivity index (χ0n) is 12.1. The van der Waals surface area contributed by atoms with Crippen molar-refractivity contribution in [3.05, 3.63) is 73.2 Å². The molecule has 7 heteroatoms. The first-order chi connectivity index (χ1) is 11.1. The van der Waals surface area contributed by atoms with Crippen molar-refractivity contribution in [1.82, 2.24) is 9.97 Å². The van der Waals surface area contributed by atoms with Gasteiger partial charge in [0.05, 0.1) is 6.61 Å². The summed E-state index contributed by atoms with van der Waals surface area (Å²) in [5.74, 6) is 0.757. The summed E-state index contributed by atoms with van der Waals surface area (Å²) < 4.78 is 10.5. The van der Waals surface area contributed by atoms with E-state index in [0.717, 1.165) is 5.75 Å². The van der Waals surface area contributed by atoms with Gasteiger partial charge in [-0.25, -0.2) is 9.59 Å². The molecule has 0 unspecified atom stereocenters. The van der Waals surface area contributed by atoms with Crippen molar-refractivity contribution in [2.24, 2.45) is 0 Å². The van der Waals surface area contributed by atoms with Crippen LogP contribution in [-0.4, -0.2) is 16.6 Å². The molecule has 0 amide bonds. The third-order valence-corrected chi connectivity index (χ3v) is 3.33. The van der Waals surface area contributed by atoms with Crippen LogP contribution in [0, 0.1) is 0 Å². The molecule has 7 nitrogen and oxygen atoms in total. The highest BCUT2D eigenvalue weighted by atomic mass is 16.5. The summed E-state index contributed by atoms with van der Waals surface area (Å²) in [6.45, 7) is 0.437. The van der Waals surface area contributed by atoms with Gasteiger partial charge < -0.3 is 9.15 Å². The second-order valence-corrected chi connectivity index (χ2v) is 4.97. The van der Waals surface area contributed by atoms with E-state index in [4.69, 9.17) is 9.15 Å². The molecule has 3 rings (SSSR count). The largest absolute Gasteiger partial charge is 0.494 e. The van der Waals surface area contributed by atoms with Crippen LogP contribution in [0.5, 0.6) is 5.75 Å². The van der Waals surface area contributed by atoms with Crippen molar-refractivity contribution in [2.75, 3.05) is 6.61 Å². The number of rotatable bonds is 5. The van der Waals surface area contributed by atoms with Gasteiger partial charge in [0.25, 0.3) is 5.56 Å². The number of aryl methyl sites for hydroxylation is 1. The van der Waals surface area contributed by atoms with Gasteiger partial charge in [0.15, 0.2) is 0 Å². The molecule has 2 aromatic heterocycles. The summed E-state index contributed by atoms with van der Waals surface area (Å²) in [4.78, 5) is 39.2. The van der Waals surface area contributed by atoms with Gasteiger partial charge in [0.2, 0.25) is 5.71 Å². The van der Waals surface area contributed by atoms with Gasteiger partial charge in [-0.3, -0.25) is 14.8 Å². The van der Waals surface area contributed by atoms with Crippen molar-refractivity contribution in [1.29, 1.82) is 0 Å². The molecule has 118 valence electrons. The molecule has 0 atom stereocenters. The number of aromatic amines is 2. The maximum atomic E-state index is 11.9. The lowest BCUT2D eigenvalue weighted by Gasteiger charge is -2.06. The van der Waals surface area contributed by atoms with Crippen LogP contribution < -0.4 is 21.6 Å². The Morgan fingerprint density at radius 1 is 1.04 bits per heavy atom. The molecule has 0 saturated carbocycles. The molecule has 23 heavy (non-hydrogen) atoms. The van der Waals surface area contributed by atoms with E-state index in [9.17, 15) is 14.4 Å². The quantitative estimate of drug-likeness (QED) is 0.688. The lowest BCUT2D eigenvalue weighted by molar-refractivity contribution is 0.311. The minimum absolute atomic E-state index is 0.106. The zero-order valence-corrected chi connectivity index (χ0v) is 12.1. The average Bonchev–Trinajstić information content (AvgIpc) is 2.51. The Labute approximate surface area is 129 Å². The van der Waals surface area contributed by atoms with Gasteiger partial charge >= 0.3 is 11.3 Å². The first kappa shape index (κ1) is 14.8. The topological polar surface area (TPSA) is 105 Å². The summed E-state index contributed by atoms with van der Waals surface area (Å²) in [5.41, 5.74) is -1.49. The molecule has 0 aliphatic rings. The molecule has 0 spiro atoms. The van der Waals surface area contributed by atoms with Crippen molar-refractivity contribution in [3.8, 4) is 5.75 Å². The standard InChI is InChI=1S/C16H14N2O5/c19-12-9-10(5-4-8-22-11-6-2-1-3-7-11)13-14(20)17-16(21)18-15(13)23-12/h1-3,6-7,9H,4-5,8H2,(H2,17,18,20,21). The van der Waals surface area contributed by atoms with Crippen LogP contribution in [0.25, 0.3) is 11.1 Å². The Balaban J connectivity index is 1.79. The molecule has 0 fully saturated rings. The average molecular weight is 314 g/mol. The molecular formula is C16H14N2O5. The predicted octanol–water partition coefficient (Wildman–Crippen LogP) is 1.18. The van der Waals surface area contributed by atoms with Crippen molar-refractivity contribution >= 4 is 11.1 Å². The number of hydrogen-bond donors (Lipinski definition) is 2. The summed E-state index contributed by atoms with van der Waals surface area (Å²) in [7, 11) is 0.